The summed E-state index contributed by atoms with van der Waals surface area (Å²) in [6, 6.07) is 12.9. The molecule has 2 aromatic carbocycles. The topological polar surface area (TPSA) is 29.1 Å². The fourth-order valence-electron chi connectivity index (χ4n) is 1.74. The molecule has 2 rings (SSSR count). The highest BCUT2D eigenvalue weighted by molar-refractivity contribution is 9.08. The standard InChI is InChI=1S/C15H13BrClNO/c1-10-8-11(6-7-13(10)17)15(19)18-14-5-3-2-4-12(14)9-16/h2-8H,9H2,1H3,(H,18,19). The second-order valence-corrected chi connectivity index (χ2v) is 5.18. The van der Waals surface area contributed by atoms with Crippen molar-refractivity contribution in [1.82, 2.24) is 0 Å². The molecule has 0 aliphatic rings. The lowest BCUT2D eigenvalue weighted by Crippen LogP contribution is -2.13. The number of nitrogens with one attached hydrogen (secondary N) is 1. The summed E-state index contributed by atoms with van der Waals surface area (Å²) in [6.45, 7) is 1.88. The predicted octanol–water partition coefficient (Wildman–Crippen LogP) is 4.80. The Labute approximate surface area is 125 Å². The maximum atomic E-state index is 12.2. The highest BCUT2D eigenvalue weighted by Gasteiger charge is 2.09. The Morgan fingerprint density at radius 2 is 2.00 bits per heavy atom. The lowest BCUT2D eigenvalue weighted by molar-refractivity contribution is 0.102. The molecular weight excluding hydrogens is 326 g/mol. The van der Waals surface area contributed by atoms with E-state index < -0.39 is 0 Å². The van der Waals surface area contributed by atoms with E-state index >= 15 is 0 Å². The smallest absolute Gasteiger partial charge is 0.255 e. The molecule has 0 radical (unpaired) electrons. The zero-order valence-electron chi connectivity index (χ0n) is 10.4. The number of rotatable bonds is 3. The van der Waals surface area contributed by atoms with Crippen LogP contribution in [0.15, 0.2) is 42.5 Å². The largest absolute Gasteiger partial charge is 0.322 e. The van der Waals surface area contributed by atoms with Crippen LogP contribution in [-0.2, 0) is 5.33 Å². The number of anilines is 1. The molecule has 0 spiro atoms. The molecule has 0 aromatic heterocycles. The molecule has 1 N–H and O–H groups in total. The van der Waals surface area contributed by atoms with Crippen LogP contribution in [0.5, 0.6) is 0 Å². The molecule has 2 aromatic rings. The molecule has 2 nitrogen and oxygen atoms in total. The van der Waals surface area contributed by atoms with Crippen LogP contribution in [0.3, 0.4) is 0 Å². The number of carbonyl (C=O) groups is 1. The summed E-state index contributed by atoms with van der Waals surface area (Å²) in [5, 5.41) is 4.27. The molecule has 0 bridgehead atoms. The van der Waals surface area contributed by atoms with E-state index in [2.05, 4.69) is 21.2 Å². The van der Waals surface area contributed by atoms with Gasteiger partial charge >= 0.3 is 0 Å². The number of para-hydroxylation sites is 1. The first-order valence-electron chi connectivity index (χ1n) is 5.83. The van der Waals surface area contributed by atoms with E-state index in [-0.39, 0.29) is 5.91 Å². The van der Waals surface area contributed by atoms with E-state index in [4.69, 9.17) is 11.6 Å². The van der Waals surface area contributed by atoms with Gasteiger partial charge in [-0.15, -0.1) is 0 Å². The Morgan fingerprint density at radius 1 is 1.26 bits per heavy atom. The summed E-state index contributed by atoms with van der Waals surface area (Å²) in [6.07, 6.45) is 0. The van der Waals surface area contributed by atoms with E-state index in [9.17, 15) is 4.79 Å². The highest BCUT2D eigenvalue weighted by Crippen LogP contribution is 2.20. The average molecular weight is 339 g/mol. The molecule has 19 heavy (non-hydrogen) atoms. The fraction of sp³-hybridized carbons (Fsp3) is 0.133. The van der Waals surface area contributed by atoms with Crippen LogP contribution in [-0.4, -0.2) is 5.91 Å². The van der Waals surface area contributed by atoms with Gasteiger partial charge in [0, 0.05) is 21.6 Å². The number of benzene rings is 2. The minimum absolute atomic E-state index is 0.131. The minimum atomic E-state index is -0.131. The van der Waals surface area contributed by atoms with Crippen molar-refractivity contribution in [3.8, 4) is 0 Å². The Kier molecular flexibility index (Phi) is 4.61. The van der Waals surface area contributed by atoms with Gasteiger partial charge in [0.1, 0.15) is 0 Å². The second-order valence-electron chi connectivity index (χ2n) is 4.21. The van der Waals surface area contributed by atoms with Gasteiger partial charge in [0.25, 0.3) is 5.91 Å². The number of hydrogen-bond acceptors (Lipinski definition) is 1. The van der Waals surface area contributed by atoms with Crippen molar-refractivity contribution in [2.45, 2.75) is 12.3 Å². The third-order valence-electron chi connectivity index (χ3n) is 2.83. The summed E-state index contributed by atoms with van der Waals surface area (Å²) in [7, 11) is 0. The lowest BCUT2D eigenvalue weighted by Gasteiger charge is -2.10. The Balaban J connectivity index is 2.23. The fourth-order valence-corrected chi connectivity index (χ4v) is 2.35. The normalized spacial score (nSPS) is 10.3. The van der Waals surface area contributed by atoms with Crippen LogP contribution in [0.2, 0.25) is 5.02 Å². The van der Waals surface area contributed by atoms with Gasteiger partial charge < -0.3 is 5.32 Å². The van der Waals surface area contributed by atoms with E-state index in [1.165, 1.54) is 0 Å². The number of halogens is 2. The third-order valence-corrected chi connectivity index (χ3v) is 3.86. The van der Waals surface area contributed by atoms with Crippen LogP contribution in [0.25, 0.3) is 0 Å². The van der Waals surface area contributed by atoms with E-state index in [1.54, 1.807) is 18.2 Å². The van der Waals surface area contributed by atoms with Crippen LogP contribution in [0.1, 0.15) is 21.5 Å². The second kappa shape index (κ2) is 6.22. The first kappa shape index (κ1) is 14.1. The van der Waals surface area contributed by atoms with Gasteiger partial charge in [-0.3, -0.25) is 4.79 Å². The highest BCUT2D eigenvalue weighted by atomic mass is 79.9. The molecule has 4 heteroatoms. The third kappa shape index (κ3) is 3.37. The van der Waals surface area contributed by atoms with Gasteiger partial charge in [-0.2, -0.15) is 0 Å². The van der Waals surface area contributed by atoms with Crippen molar-refractivity contribution in [1.29, 1.82) is 0 Å². The Hall–Kier alpha value is -1.32. The van der Waals surface area contributed by atoms with Crippen molar-refractivity contribution in [2.24, 2.45) is 0 Å². The number of hydrogen-bond donors (Lipinski definition) is 1. The zero-order chi connectivity index (χ0) is 13.8. The Morgan fingerprint density at radius 3 is 2.68 bits per heavy atom. The van der Waals surface area contributed by atoms with Crippen LogP contribution in [0.4, 0.5) is 5.69 Å². The molecular formula is C15H13BrClNO. The minimum Gasteiger partial charge on any atom is -0.322 e. The maximum Gasteiger partial charge on any atom is 0.255 e. The van der Waals surface area contributed by atoms with Gasteiger partial charge in [-0.1, -0.05) is 45.7 Å². The van der Waals surface area contributed by atoms with E-state index in [0.29, 0.717) is 15.9 Å². The van der Waals surface area contributed by atoms with Crippen LogP contribution in [0, 0.1) is 6.92 Å². The molecule has 0 heterocycles. The van der Waals surface area contributed by atoms with E-state index in [1.807, 2.05) is 31.2 Å². The molecule has 98 valence electrons. The summed E-state index contributed by atoms with van der Waals surface area (Å²) in [5.41, 5.74) is 3.35. The molecule has 1 amide bonds. The van der Waals surface area contributed by atoms with Crippen LogP contribution < -0.4 is 5.32 Å². The van der Waals surface area contributed by atoms with Crippen molar-refractivity contribution in [2.75, 3.05) is 5.32 Å². The van der Waals surface area contributed by atoms with Crippen molar-refractivity contribution >= 4 is 39.1 Å². The summed E-state index contributed by atoms with van der Waals surface area (Å²) in [5.74, 6) is -0.131. The molecule has 0 unspecified atom stereocenters. The molecule has 0 saturated heterocycles. The van der Waals surface area contributed by atoms with Gasteiger partial charge in [-0.25, -0.2) is 0 Å². The molecule has 0 aliphatic heterocycles. The first-order valence-corrected chi connectivity index (χ1v) is 7.33. The lowest BCUT2D eigenvalue weighted by atomic mass is 10.1. The van der Waals surface area contributed by atoms with Gasteiger partial charge in [0.05, 0.1) is 0 Å². The number of alkyl halides is 1. The summed E-state index contributed by atoms with van der Waals surface area (Å²) in [4.78, 5) is 12.2. The molecule has 0 fully saturated rings. The molecule has 0 saturated carbocycles. The first-order chi connectivity index (χ1) is 9.11. The summed E-state index contributed by atoms with van der Waals surface area (Å²) >= 11 is 9.36. The zero-order valence-corrected chi connectivity index (χ0v) is 12.8. The monoisotopic (exact) mass is 337 g/mol. The number of aryl methyl sites for hydroxylation is 1. The quantitative estimate of drug-likeness (QED) is 0.801. The average Bonchev–Trinajstić information content (AvgIpc) is 2.42. The summed E-state index contributed by atoms with van der Waals surface area (Å²) < 4.78 is 0. The number of carbonyl (C=O) groups excluding carboxylic acids is 1. The van der Waals surface area contributed by atoms with E-state index in [0.717, 1.165) is 16.8 Å². The van der Waals surface area contributed by atoms with Crippen molar-refractivity contribution < 1.29 is 4.79 Å². The van der Waals surface area contributed by atoms with Crippen molar-refractivity contribution in [3.63, 3.8) is 0 Å². The maximum absolute atomic E-state index is 12.2. The molecule has 0 atom stereocenters. The SMILES string of the molecule is Cc1cc(C(=O)Nc2ccccc2CBr)ccc1Cl. The number of amides is 1. The van der Waals surface area contributed by atoms with Gasteiger partial charge in [0.2, 0.25) is 0 Å². The van der Waals surface area contributed by atoms with Gasteiger partial charge in [-0.05, 0) is 42.3 Å². The predicted molar refractivity (Wildman–Crippen MR) is 83.2 cm³/mol. The Bertz CT molecular complexity index is 613. The van der Waals surface area contributed by atoms with Gasteiger partial charge in [0.15, 0.2) is 0 Å². The van der Waals surface area contributed by atoms with Crippen molar-refractivity contribution in [3.05, 3.63) is 64.2 Å². The molecule has 0 aliphatic carbocycles. The van der Waals surface area contributed by atoms with Crippen LogP contribution >= 0.6 is 27.5 Å².